The number of hydrogen-bond donors (Lipinski definition) is 1. The maximum atomic E-state index is 10.4. The highest BCUT2D eigenvalue weighted by Crippen LogP contribution is 2.21. The summed E-state index contributed by atoms with van der Waals surface area (Å²) in [5.41, 5.74) is 1.00. The minimum atomic E-state index is -0.412. The Bertz CT molecular complexity index is 321. The van der Waals surface area contributed by atoms with E-state index in [0.29, 0.717) is 0 Å². The van der Waals surface area contributed by atoms with E-state index in [9.17, 15) is 5.11 Å². The number of likely N-dealkylation sites (N-methyl/N-ethyl adjacent to an activating group) is 1. The number of benzene rings is 1. The Morgan fingerprint density at radius 3 is 2.17 bits per heavy atom. The van der Waals surface area contributed by atoms with Crippen LogP contribution in [-0.4, -0.2) is 29.6 Å². The molecular weight excluding hydrogens is 222 g/mol. The Balaban J connectivity index is 2.60. The lowest BCUT2D eigenvalue weighted by atomic mass is 9.99. The third kappa shape index (κ3) is 4.11. The van der Waals surface area contributed by atoms with Crippen LogP contribution in [0.15, 0.2) is 30.3 Å². The number of nitrogens with zero attached hydrogens (tertiary/aromatic N) is 1. The molecule has 0 saturated carbocycles. The van der Waals surface area contributed by atoms with Crippen LogP contribution in [0.5, 0.6) is 0 Å². The third-order valence-corrected chi connectivity index (χ3v) is 3.99. The van der Waals surface area contributed by atoms with E-state index in [2.05, 4.69) is 32.7 Å². The minimum Gasteiger partial charge on any atom is -0.387 e. The van der Waals surface area contributed by atoms with Crippen LogP contribution < -0.4 is 0 Å². The molecule has 0 unspecified atom stereocenters. The average molecular weight is 249 g/mol. The second-order valence-electron chi connectivity index (χ2n) is 5.22. The number of rotatable bonds is 7. The second-order valence-corrected chi connectivity index (χ2v) is 5.22. The van der Waals surface area contributed by atoms with Crippen molar-refractivity contribution in [3.05, 3.63) is 35.9 Å². The van der Waals surface area contributed by atoms with Gasteiger partial charge in [-0.1, -0.05) is 57.0 Å². The smallest absolute Gasteiger partial charge is 0.0942 e. The minimum absolute atomic E-state index is 0.146. The van der Waals surface area contributed by atoms with Gasteiger partial charge in [0.1, 0.15) is 0 Å². The molecule has 0 spiro atoms. The number of aliphatic hydroxyl groups is 1. The fourth-order valence-electron chi connectivity index (χ4n) is 2.29. The van der Waals surface area contributed by atoms with E-state index in [1.807, 2.05) is 30.3 Å². The Labute approximate surface area is 112 Å². The summed E-state index contributed by atoms with van der Waals surface area (Å²) in [6, 6.07) is 10.1. The Kier molecular flexibility index (Phi) is 6.37. The van der Waals surface area contributed by atoms with Crippen LogP contribution in [0, 0.1) is 5.92 Å². The molecule has 102 valence electrons. The first-order valence-electron chi connectivity index (χ1n) is 7.03. The topological polar surface area (TPSA) is 23.5 Å². The molecule has 0 saturated heterocycles. The van der Waals surface area contributed by atoms with Gasteiger partial charge in [-0.25, -0.2) is 0 Å². The monoisotopic (exact) mass is 249 g/mol. The normalized spacial score (nSPS) is 15.1. The van der Waals surface area contributed by atoms with Crippen molar-refractivity contribution >= 4 is 0 Å². The summed E-state index contributed by atoms with van der Waals surface area (Å²) < 4.78 is 0. The first-order valence-corrected chi connectivity index (χ1v) is 7.03. The Hall–Kier alpha value is -0.860. The van der Waals surface area contributed by atoms with Crippen LogP contribution in [0.4, 0.5) is 0 Å². The molecule has 0 aromatic heterocycles. The summed E-state index contributed by atoms with van der Waals surface area (Å²) in [5, 5.41) is 10.4. The standard InChI is InChI=1S/C16H27NO/c1-5-14(6-2)12-17(4)13(3)16(18)15-10-8-7-9-11-15/h7-11,13-14,16,18H,5-6,12H2,1-4H3/t13-,16-/m0/s1. The highest BCUT2D eigenvalue weighted by molar-refractivity contribution is 5.18. The van der Waals surface area contributed by atoms with Gasteiger partial charge in [-0.2, -0.15) is 0 Å². The van der Waals surface area contributed by atoms with Crippen LogP contribution in [0.2, 0.25) is 0 Å². The second kappa shape index (κ2) is 7.55. The number of hydrogen-bond acceptors (Lipinski definition) is 2. The Morgan fingerprint density at radius 2 is 1.67 bits per heavy atom. The highest BCUT2D eigenvalue weighted by atomic mass is 16.3. The maximum absolute atomic E-state index is 10.4. The third-order valence-electron chi connectivity index (χ3n) is 3.99. The van der Waals surface area contributed by atoms with E-state index in [0.717, 1.165) is 18.0 Å². The lowest BCUT2D eigenvalue weighted by Crippen LogP contribution is -2.37. The molecule has 0 heterocycles. The maximum Gasteiger partial charge on any atom is 0.0942 e. The van der Waals surface area contributed by atoms with Crippen molar-refractivity contribution in [1.82, 2.24) is 4.90 Å². The van der Waals surface area contributed by atoms with Gasteiger partial charge in [0.05, 0.1) is 6.10 Å². The fourth-order valence-corrected chi connectivity index (χ4v) is 2.29. The summed E-state index contributed by atoms with van der Waals surface area (Å²) in [7, 11) is 2.11. The van der Waals surface area contributed by atoms with Crippen LogP contribution in [-0.2, 0) is 0 Å². The zero-order valence-corrected chi connectivity index (χ0v) is 12.1. The molecule has 0 radical (unpaired) electrons. The molecule has 0 fully saturated rings. The van der Waals surface area contributed by atoms with Crippen LogP contribution in [0.3, 0.4) is 0 Å². The zero-order valence-electron chi connectivity index (χ0n) is 12.1. The van der Waals surface area contributed by atoms with Gasteiger partial charge in [0, 0.05) is 12.6 Å². The van der Waals surface area contributed by atoms with E-state index in [1.54, 1.807) is 0 Å². The molecule has 1 rings (SSSR count). The van der Waals surface area contributed by atoms with Gasteiger partial charge in [0.2, 0.25) is 0 Å². The zero-order chi connectivity index (χ0) is 13.5. The molecule has 2 nitrogen and oxygen atoms in total. The Morgan fingerprint density at radius 1 is 1.11 bits per heavy atom. The van der Waals surface area contributed by atoms with E-state index in [-0.39, 0.29) is 6.04 Å². The summed E-state index contributed by atoms with van der Waals surface area (Å²) >= 11 is 0. The molecule has 1 aromatic carbocycles. The molecule has 1 aromatic rings. The quantitative estimate of drug-likeness (QED) is 0.799. The van der Waals surface area contributed by atoms with Crippen molar-refractivity contribution in [2.45, 2.75) is 45.8 Å². The first-order chi connectivity index (χ1) is 8.60. The summed E-state index contributed by atoms with van der Waals surface area (Å²) in [6.07, 6.45) is 2.00. The van der Waals surface area contributed by atoms with E-state index in [4.69, 9.17) is 0 Å². The van der Waals surface area contributed by atoms with Crippen molar-refractivity contribution in [1.29, 1.82) is 0 Å². The van der Waals surface area contributed by atoms with Gasteiger partial charge in [-0.15, -0.1) is 0 Å². The van der Waals surface area contributed by atoms with Gasteiger partial charge in [-0.05, 0) is 25.5 Å². The van der Waals surface area contributed by atoms with Crippen molar-refractivity contribution in [2.24, 2.45) is 5.92 Å². The SMILES string of the molecule is CCC(CC)CN(C)[C@@H](C)[C@H](O)c1ccccc1. The molecule has 0 aliphatic carbocycles. The molecule has 0 aliphatic heterocycles. The lowest BCUT2D eigenvalue weighted by Gasteiger charge is -2.31. The predicted octanol–water partition coefficient (Wildman–Crippen LogP) is 3.48. The van der Waals surface area contributed by atoms with Gasteiger partial charge in [0.15, 0.2) is 0 Å². The lowest BCUT2D eigenvalue weighted by molar-refractivity contribution is 0.0634. The molecular formula is C16H27NO. The van der Waals surface area contributed by atoms with Gasteiger partial charge in [0.25, 0.3) is 0 Å². The van der Waals surface area contributed by atoms with Crippen molar-refractivity contribution in [3.8, 4) is 0 Å². The van der Waals surface area contributed by atoms with Crippen molar-refractivity contribution < 1.29 is 5.11 Å². The van der Waals surface area contributed by atoms with E-state index < -0.39 is 6.10 Å². The van der Waals surface area contributed by atoms with E-state index in [1.165, 1.54) is 12.8 Å². The molecule has 0 bridgehead atoms. The van der Waals surface area contributed by atoms with Crippen molar-refractivity contribution in [3.63, 3.8) is 0 Å². The average Bonchev–Trinajstić information content (AvgIpc) is 2.43. The van der Waals surface area contributed by atoms with Crippen LogP contribution in [0.25, 0.3) is 0 Å². The van der Waals surface area contributed by atoms with Crippen LogP contribution in [0.1, 0.15) is 45.3 Å². The molecule has 2 heteroatoms. The summed E-state index contributed by atoms with van der Waals surface area (Å²) in [5.74, 6) is 0.723. The summed E-state index contributed by atoms with van der Waals surface area (Å²) in [4.78, 5) is 2.27. The predicted molar refractivity (Wildman–Crippen MR) is 77.6 cm³/mol. The van der Waals surface area contributed by atoms with Crippen LogP contribution >= 0.6 is 0 Å². The molecule has 0 aliphatic rings. The highest BCUT2D eigenvalue weighted by Gasteiger charge is 2.21. The van der Waals surface area contributed by atoms with E-state index >= 15 is 0 Å². The van der Waals surface area contributed by atoms with Gasteiger partial charge < -0.3 is 10.0 Å². The summed E-state index contributed by atoms with van der Waals surface area (Å²) in [6.45, 7) is 7.62. The largest absolute Gasteiger partial charge is 0.387 e. The molecule has 18 heavy (non-hydrogen) atoms. The molecule has 0 amide bonds. The molecule has 2 atom stereocenters. The number of aliphatic hydroxyl groups excluding tert-OH is 1. The first kappa shape index (κ1) is 15.2. The van der Waals surface area contributed by atoms with Gasteiger partial charge >= 0.3 is 0 Å². The van der Waals surface area contributed by atoms with Gasteiger partial charge in [-0.3, -0.25) is 0 Å². The fraction of sp³-hybridized carbons (Fsp3) is 0.625. The molecule has 1 N–H and O–H groups in total. The van der Waals surface area contributed by atoms with Crippen molar-refractivity contribution in [2.75, 3.05) is 13.6 Å².